The van der Waals surface area contributed by atoms with Gasteiger partial charge in [-0.1, -0.05) is 6.92 Å². The number of hydrogen-bond acceptors (Lipinski definition) is 6. The number of rotatable bonds is 6. The molecule has 0 radical (unpaired) electrons. The fourth-order valence-electron chi connectivity index (χ4n) is 4.99. The summed E-state index contributed by atoms with van der Waals surface area (Å²) in [6, 6.07) is 4.61. The van der Waals surface area contributed by atoms with E-state index in [1.54, 1.807) is 17.3 Å². The topological polar surface area (TPSA) is 100 Å². The SMILES string of the molecule is CCCN1C[C@@H](NC(=O)N(C)CCc2ccncc2)C[C@@H]2Cc3nc(N)ncc3C[C@H]21. The van der Waals surface area contributed by atoms with E-state index in [9.17, 15) is 4.79 Å². The molecule has 31 heavy (non-hydrogen) atoms. The van der Waals surface area contributed by atoms with Crippen LogP contribution in [0.3, 0.4) is 0 Å². The standard InChI is InChI=1S/C23H33N7O/c1-3-9-30-15-19(27-23(31)29(2)10-6-16-4-7-25-8-5-16)11-17-12-20-18(13-21(17)30)14-26-22(24)28-20/h4-5,7-8,14,17,19,21H,3,6,9-13,15H2,1-2H3,(H,27,31)(H2,24,26,28)/t17-,19+,21-/m1/s1. The summed E-state index contributed by atoms with van der Waals surface area (Å²) in [5.41, 5.74) is 9.30. The number of carbonyl (C=O) groups is 1. The molecule has 166 valence electrons. The van der Waals surface area contributed by atoms with E-state index in [1.807, 2.05) is 25.4 Å². The number of likely N-dealkylation sites (tertiary alicyclic amines) is 1. The van der Waals surface area contributed by atoms with Crippen LogP contribution in [0.4, 0.5) is 10.7 Å². The number of anilines is 1. The summed E-state index contributed by atoms with van der Waals surface area (Å²) in [6.07, 6.45) is 10.2. The zero-order valence-electron chi connectivity index (χ0n) is 18.5. The fraction of sp³-hybridized carbons (Fsp3) is 0.565. The molecule has 1 fully saturated rings. The number of fused-ring (bicyclic) bond motifs is 2. The first-order valence-corrected chi connectivity index (χ1v) is 11.3. The second-order valence-corrected chi connectivity index (χ2v) is 8.84. The quantitative estimate of drug-likeness (QED) is 0.736. The molecule has 8 heteroatoms. The maximum Gasteiger partial charge on any atom is 0.317 e. The van der Waals surface area contributed by atoms with Crippen LogP contribution in [0.15, 0.2) is 30.7 Å². The number of carbonyl (C=O) groups excluding carboxylic acids is 1. The molecule has 2 aromatic rings. The van der Waals surface area contributed by atoms with Gasteiger partial charge in [-0.2, -0.15) is 0 Å². The van der Waals surface area contributed by atoms with Crippen molar-refractivity contribution in [2.75, 3.05) is 32.4 Å². The van der Waals surface area contributed by atoms with Crippen LogP contribution < -0.4 is 11.1 Å². The zero-order chi connectivity index (χ0) is 21.8. The Morgan fingerprint density at radius 2 is 2.13 bits per heavy atom. The van der Waals surface area contributed by atoms with Gasteiger partial charge in [0, 0.05) is 56.5 Å². The lowest BCUT2D eigenvalue weighted by molar-refractivity contribution is 0.0629. The van der Waals surface area contributed by atoms with E-state index in [-0.39, 0.29) is 12.1 Å². The van der Waals surface area contributed by atoms with Crippen LogP contribution in [0.25, 0.3) is 0 Å². The number of amides is 2. The minimum absolute atomic E-state index is 0.00302. The van der Waals surface area contributed by atoms with E-state index in [2.05, 4.69) is 32.1 Å². The molecule has 0 unspecified atom stereocenters. The maximum atomic E-state index is 12.8. The van der Waals surface area contributed by atoms with Crippen LogP contribution in [-0.2, 0) is 19.3 Å². The molecule has 2 aliphatic rings. The Balaban J connectivity index is 1.38. The highest BCUT2D eigenvalue weighted by Crippen LogP contribution is 2.34. The van der Waals surface area contributed by atoms with Crippen LogP contribution in [0.5, 0.6) is 0 Å². The second-order valence-electron chi connectivity index (χ2n) is 8.84. The predicted molar refractivity (Wildman–Crippen MR) is 121 cm³/mol. The fourth-order valence-corrected chi connectivity index (χ4v) is 4.99. The summed E-state index contributed by atoms with van der Waals surface area (Å²) in [5, 5.41) is 3.29. The number of hydrogen-bond donors (Lipinski definition) is 2. The molecule has 2 aromatic heterocycles. The highest BCUT2D eigenvalue weighted by atomic mass is 16.2. The van der Waals surface area contributed by atoms with E-state index < -0.39 is 0 Å². The molecule has 0 spiro atoms. The van der Waals surface area contributed by atoms with Crippen molar-refractivity contribution in [1.82, 2.24) is 30.1 Å². The van der Waals surface area contributed by atoms with Gasteiger partial charge in [-0.3, -0.25) is 9.88 Å². The lowest BCUT2D eigenvalue weighted by Gasteiger charge is -2.47. The smallest absolute Gasteiger partial charge is 0.317 e. The third-order valence-electron chi connectivity index (χ3n) is 6.58. The summed E-state index contributed by atoms with van der Waals surface area (Å²) in [6.45, 7) is 4.82. The molecular formula is C23H33N7O. The Morgan fingerprint density at radius 3 is 2.90 bits per heavy atom. The molecule has 3 heterocycles. The molecule has 3 N–H and O–H groups in total. The molecule has 3 atom stereocenters. The van der Waals surface area contributed by atoms with E-state index >= 15 is 0 Å². The normalized spacial score (nSPS) is 23.0. The third kappa shape index (κ3) is 5.12. The Bertz CT molecular complexity index is 891. The lowest BCUT2D eigenvalue weighted by atomic mass is 9.76. The van der Waals surface area contributed by atoms with Gasteiger partial charge in [0.2, 0.25) is 5.95 Å². The van der Waals surface area contributed by atoms with Gasteiger partial charge in [-0.25, -0.2) is 14.8 Å². The van der Waals surface area contributed by atoms with Crippen LogP contribution in [0.2, 0.25) is 0 Å². The van der Waals surface area contributed by atoms with E-state index in [0.717, 1.165) is 50.9 Å². The summed E-state index contributed by atoms with van der Waals surface area (Å²) < 4.78 is 0. The van der Waals surface area contributed by atoms with Gasteiger partial charge in [0.25, 0.3) is 0 Å². The molecule has 0 saturated carbocycles. The van der Waals surface area contributed by atoms with Crippen LogP contribution >= 0.6 is 0 Å². The first-order chi connectivity index (χ1) is 15.0. The number of nitrogen functional groups attached to an aromatic ring is 1. The third-order valence-corrected chi connectivity index (χ3v) is 6.58. The van der Waals surface area contributed by atoms with Gasteiger partial charge in [-0.15, -0.1) is 0 Å². The van der Waals surface area contributed by atoms with E-state index in [1.165, 1.54) is 11.1 Å². The molecule has 1 aliphatic carbocycles. The molecule has 4 rings (SSSR count). The Morgan fingerprint density at radius 1 is 1.32 bits per heavy atom. The lowest BCUT2D eigenvalue weighted by Crippen LogP contribution is -2.59. The Hall–Kier alpha value is -2.74. The van der Waals surface area contributed by atoms with Crippen LogP contribution in [-0.4, -0.2) is 69.5 Å². The molecule has 1 saturated heterocycles. The van der Waals surface area contributed by atoms with Crippen molar-refractivity contribution < 1.29 is 4.79 Å². The Kier molecular flexibility index (Phi) is 6.65. The molecule has 8 nitrogen and oxygen atoms in total. The van der Waals surface area contributed by atoms with E-state index in [0.29, 0.717) is 24.5 Å². The first kappa shape index (κ1) is 21.5. The van der Waals surface area contributed by atoms with Crippen molar-refractivity contribution >= 4 is 12.0 Å². The van der Waals surface area contributed by atoms with E-state index in [4.69, 9.17) is 5.73 Å². The highest BCUT2D eigenvalue weighted by molar-refractivity contribution is 5.74. The minimum Gasteiger partial charge on any atom is -0.368 e. The summed E-state index contributed by atoms with van der Waals surface area (Å²) >= 11 is 0. The Labute approximate surface area is 184 Å². The number of nitrogens with two attached hydrogens (primary N) is 1. The van der Waals surface area contributed by atoms with Gasteiger partial charge >= 0.3 is 6.03 Å². The summed E-state index contributed by atoms with van der Waals surface area (Å²) in [4.78, 5) is 29.9. The maximum absolute atomic E-state index is 12.8. The average molecular weight is 424 g/mol. The molecule has 1 aliphatic heterocycles. The number of nitrogens with one attached hydrogen (secondary N) is 1. The monoisotopic (exact) mass is 423 g/mol. The second kappa shape index (κ2) is 9.60. The number of pyridine rings is 1. The van der Waals surface area contributed by atoms with Crippen molar-refractivity contribution in [3.63, 3.8) is 0 Å². The van der Waals surface area contributed by atoms with Gasteiger partial charge < -0.3 is 16.0 Å². The number of urea groups is 1. The molecule has 0 bridgehead atoms. The van der Waals surface area contributed by atoms with Crippen molar-refractivity contribution in [3.8, 4) is 0 Å². The molecule has 2 amide bonds. The average Bonchev–Trinajstić information content (AvgIpc) is 2.77. The largest absolute Gasteiger partial charge is 0.368 e. The van der Waals surface area contributed by atoms with Crippen LogP contribution in [0.1, 0.15) is 36.6 Å². The van der Waals surface area contributed by atoms with Gasteiger partial charge in [0.1, 0.15) is 0 Å². The van der Waals surface area contributed by atoms with Crippen molar-refractivity contribution in [2.45, 2.75) is 51.1 Å². The zero-order valence-corrected chi connectivity index (χ0v) is 18.5. The predicted octanol–water partition coefficient (Wildman–Crippen LogP) is 1.91. The van der Waals surface area contributed by atoms with Gasteiger partial charge in [-0.05, 0) is 67.8 Å². The van der Waals surface area contributed by atoms with Gasteiger partial charge in [0.05, 0.1) is 0 Å². The number of piperidine rings is 1. The highest BCUT2D eigenvalue weighted by Gasteiger charge is 2.40. The van der Waals surface area contributed by atoms with Crippen LogP contribution in [0, 0.1) is 5.92 Å². The summed E-state index contributed by atoms with van der Waals surface area (Å²) in [5.74, 6) is 0.814. The minimum atomic E-state index is -0.00302. The molecular weight excluding hydrogens is 390 g/mol. The number of nitrogens with zero attached hydrogens (tertiary/aromatic N) is 5. The first-order valence-electron chi connectivity index (χ1n) is 11.3. The van der Waals surface area contributed by atoms with Crippen molar-refractivity contribution in [3.05, 3.63) is 47.5 Å². The number of likely N-dealkylation sites (N-methyl/N-ethyl adjacent to an activating group) is 1. The molecule has 0 aromatic carbocycles. The van der Waals surface area contributed by atoms with Crippen molar-refractivity contribution in [1.29, 1.82) is 0 Å². The number of aromatic nitrogens is 3. The van der Waals surface area contributed by atoms with Gasteiger partial charge in [0.15, 0.2) is 0 Å². The summed E-state index contributed by atoms with van der Waals surface area (Å²) in [7, 11) is 1.86. The van der Waals surface area contributed by atoms with Crippen molar-refractivity contribution in [2.24, 2.45) is 5.92 Å².